The van der Waals surface area contributed by atoms with Crippen LogP contribution in [0.5, 0.6) is 0 Å². The maximum atomic E-state index is 13.8. The third-order valence-electron chi connectivity index (χ3n) is 3.05. The normalized spacial score (nSPS) is 21.7. The maximum absolute atomic E-state index is 13.8. The summed E-state index contributed by atoms with van der Waals surface area (Å²) in [5, 5.41) is 13.8. The first-order chi connectivity index (χ1) is 8.97. The maximum Gasteiger partial charge on any atom is 0.217 e. The minimum absolute atomic E-state index is 0.0719. The topological polar surface area (TPSA) is 50.9 Å². The van der Waals surface area contributed by atoms with Gasteiger partial charge in [-0.05, 0) is 22.0 Å². The number of hydrogen-bond donors (Lipinski definition) is 1. The van der Waals surface area contributed by atoms with Crippen molar-refractivity contribution in [3.8, 4) is 0 Å². The second kappa shape index (κ2) is 4.31. The molecular formula is C11H7BrF3N3O. The Labute approximate surface area is 114 Å². The summed E-state index contributed by atoms with van der Waals surface area (Å²) in [6.07, 6.45) is -0.878. The fraction of sp³-hybridized carbons (Fsp3) is 0.273. The van der Waals surface area contributed by atoms with E-state index in [4.69, 9.17) is 0 Å². The lowest BCUT2D eigenvalue weighted by Gasteiger charge is -2.13. The highest BCUT2D eigenvalue weighted by Crippen LogP contribution is 2.39. The Morgan fingerprint density at radius 3 is 2.79 bits per heavy atom. The van der Waals surface area contributed by atoms with Gasteiger partial charge in [0.25, 0.3) is 0 Å². The highest BCUT2D eigenvalue weighted by molar-refractivity contribution is 9.10. The SMILES string of the molecule is OC1CC(c2cc(F)cc(F)c2F)n2nc(Br)nc21. The van der Waals surface area contributed by atoms with E-state index in [1.165, 1.54) is 4.68 Å². The molecule has 2 heterocycles. The smallest absolute Gasteiger partial charge is 0.217 e. The van der Waals surface area contributed by atoms with Gasteiger partial charge in [-0.2, -0.15) is 0 Å². The van der Waals surface area contributed by atoms with E-state index in [1.807, 2.05) is 0 Å². The lowest BCUT2D eigenvalue weighted by atomic mass is 10.0. The molecule has 0 aliphatic carbocycles. The molecule has 2 unspecified atom stereocenters. The summed E-state index contributed by atoms with van der Waals surface area (Å²) in [5.41, 5.74) is -0.187. The van der Waals surface area contributed by atoms with Crippen LogP contribution in [0.1, 0.15) is 30.0 Å². The molecule has 100 valence electrons. The van der Waals surface area contributed by atoms with Gasteiger partial charge in [0.2, 0.25) is 4.73 Å². The van der Waals surface area contributed by atoms with Crippen LogP contribution < -0.4 is 0 Å². The minimum atomic E-state index is -1.27. The van der Waals surface area contributed by atoms with Gasteiger partial charge in [0.05, 0.1) is 6.04 Å². The Balaban J connectivity index is 2.14. The van der Waals surface area contributed by atoms with Crippen LogP contribution in [-0.4, -0.2) is 19.9 Å². The lowest BCUT2D eigenvalue weighted by molar-refractivity contribution is 0.171. The van der Waals surface area contributed by atoms with E-state index in [-0.39, 0.29) is 22.5 Å². The van der Waals surface area contributed by atoms with Gasteiger partial charge in [0, 0.05) is 18.1 Å². The molecule has 8 heteroatoms. The van der Waals surface area contributed by atoms with E-state index in [9.17, 15) is 18.3 Å². The largest absolute Gasteiger partial charge is 0.385 e. The lowest BCUT2D eigenvalue weighted by Crippen LogP contribution is -2.11. The number of nitrogens with zero attached hydrogens (tertiary/aromatic N) is 3. The molecule has 1 aromatic heterocycles. The second-order valence-corrected chi connectivity index (χ2v) is 4.95. The van der Waals surface area contributed by atoms with Crippen LogP contribution in [-0.2, 0) is 0 Å². The molecule has 0 saturated heterocycles. The predicted molar refractivity (Wildman–Crippen MR) is 61.8 cm³/mol. The highest BCUT2D eigenvalue weighted by Gasteiger charge is 2.36. The zero-order valence-corrected chi connectivity index (χ0v) is 10.9. The quantitative estimate of drug-likeness (QED) is 0.816. The van der Waals surface area contributed by atoms with Crippen molar-refractivity contribution in [3.05, 3.63) is 45.7 Å². The molecule has 0 radical (unpaired) electrons. The summed E-state index contributed by atoms with van der Waals surface area (Å²) < 4.78 is 41.7. The average molecular weight is 334 g/mol. The zero-order valence-electron chi connectivity index (χ0n) is 9.32. The first-order valence-corrected chi connectivity index (χ1v) is 6.21. The van der Waals surface area contributed by atoms with Crippen LogP contribution in [0.4, 0.5) is 13.2 Å². The summed E-state index contributed by atoms with van der Waals surface area (Å²) in [4.78, 5) is 3.93. The van der Waals surface area contributed by atoms with Crippen LogP contribution in [0.2, 0.25) is 0 Å². The van der Waals surface area contributed by atoms with E-state index >= 15 is 0 Å². The van der Waals surface area contributed by atoms with Crippen LogP contribution >= 0.6 is 15.9 Å². The van der Waals surface area contributed by atoms with E-state index in [2.05, 4.69) is 26.0 Å². The van der Waals surface area contributed by atoms with Crippen molar-refractivity contribution in [2.45, 2.75) is 18.6 Å². The predicted octanol–water partition coefficient (Wildman–Crippen LogP) is 2.48. The van der Waals surface area contributed by atoms with Crippen molar-refractivity contribution in [1.29, 1.82) is 0 Å². The summed E-state index contributed by atoms with van der Waals surface area (Å²) in [5.74, 6) is -3.05. The Bertz CT molecular complexity index is 661. The number of fused-ring (bicyclic) bond motifs is 1. The van der Waals surface area contributed by atoms with Crippen molar-refractivity contribution in [3.63, 3.8) is 0 Å². The molecule has 2 aromatic rings. The van der Waals surface area contributed by atoms with Crippen molar-refractivity contribution in [2.75, 3.05) is 0 Å². The van der Waals surface area contributed by atoms with Gasteiger partial charge >= 0.3 is 0 Å². The number of aliphatic hydroxyl groups excluding tert-OH is 1. The molecule has 4 nitrogen and oxygen atoms in total. The number of aliphatic hydroxyl groups is 1. The molecule has 0 bridgehead atoms. The first kappa shape index (κ1) is 12.6. The fourth-order valence-electron chi connectivity index (χ4n) is 2.26. The Kier molecular flexibility index (Phi) is 2.86. The van der Waals surface area contributed by atoms with Crippen LogP contribution in [0.3, 0.4) is 0 Å². The molecule has 1 aromatic carbocycles. The molecule has 2 atom stereocenters. The van der Waals surface area contributed by atoms with Gasteiger partial charge in [0.15, 0.2) is 17.5 Å². The number of rotatable bonds is 1. The molecule has 1 aliphatic heterocycles. The third-order valence-corrected chi connectivity index (χ3v) is 3.39. The molecular weight excluding hydrogens is 327 g/mol. The van der Waals surface area contributed by atoms with Gasteiger partial charge < -0.3 is 5.11 Å². The monoisotopic (exact) mass is 333 g/mol. The van der Waals surface area contributed by atoms with E-state index in [0.29, 0.717) is 6.07 Å². The standard InChI is InChI=1S/C11H7BrF3N3O/c12-11-16-10-8(19)3-7(18(10)17-11)5-1-4(13)2-6(14)9(5)15/h1-2,7-8,19H,3H2. The molecule has 3 rings (SSSR count). The fourth-order valence-corrected chi connectivity index (χ4v) is 2.61. The van der Waals surface area contributed by atoms with Crippen LogP contribution in [0, 0.1) is 17.5 Å². The average Bonchev–Trinajstić information content (AvgIpc) is 2.84. The van der Waals surface area contributed by atoms with E-state index in [0.717, 1.165) is 6.07 Å². The van der Waals surface area contributed by atoms with Gasteiger partial charge in [0.1, 0.15) is 11.9 Å². The molecule has 1 N–H and O–H groups in total. The number of hydrogen-bond acceptors (Lipinski definition) is 3. The molecule has 0 saturated carbocycles. The zero-order chi connectivity index (χ0) is 13.7. The van der Waals surface area contributed by atoms with Crippen molar-refractivity contribution < 1.29 is 18.3 Å². The second-order valence-electron chi connectivity index (χ2n) is 4.24. The van der Waals surface area contributed by atoms with Gasteiger partial charge in [-0.3, -0.25) is 0 Å². The molecule has 19 heavy (non-hydrogen) atoms. The highest BCUT2D eigenvalue weighted by atomic mass is 79.9. The summed E-state index contributed by atoms with van der Waals surface area (Å²) >= 11 is 3.04. The first-order valence-electron chi connectivity index (χ1n) is 5.42. The molecule has 0 fully saturated rings. The molecule has 1 aliphatic rings. The minimum Gasteiger partial charge on any atom is -0.385 e. The van der Waals surface area contributed by atoms with Crippen molar-refractivity contribution in [1.82, 2.24) is 14.8 Å². The third kappa shape index (κ3) is 1.95. The van der Waals surface area contributed by atoms with E-state index < -0.39 is 29.6 Å². The summed E-state index contributed by atoms with van der Waals surface area (Å²) in [7, 11) is 0. The Hall–Kier alpha value is -1.41. The number of benzene rings is 1. The molecule has 0 spiro atoms. The van der Waals surface area contributed by atoms with Gasteiger partial charge in [-0.25, -0.2) is 22.8 Å². The van der Waals surface area contributed by atoms with Crippen molar-refractivity contribution in [2.24, 2.45) is 0 Å². The summed E-state index contributed by atoms with van der Waals surface area (Å²) in [6, 6.07) is 0.595. The Morgan fingerprint density at radius 2 is 2.05 bits per heavy atom. The molecule has 0 amide bonds. The van der Waals surface area contributed by atoms with E-state index in [1.54, 1.807) is 0 Å². The number of aromatic nitrogens is 3. The number of halogens is 4. The van der Waals surface area contributed by atoms with Crippen molar-refractivity contribution >= 4 is 15.9 Å². The van der Waals surface area contributed by atoms with Gasteiger partial charge in [-0.15, -0.1) is 5.10 Å². The van der Waals surface area contributed by atoms with Crippen LogP contribution in [0.25, 0.3) is 0 Å². The summed E-state index contributed by atoms with van der Waals surface area (Å²) in [6.45, 7) is 0. The van der Waals surface area contributed by atoms with Gasteiger partial charge in [-0.1, -0.05) is 0 Å². The van der Waals surface area contributed by atoms with Crippen LogP contribution in [0.15, 0.2) is 16.9 Å². The Morgan fingerprint density at radius 1 is 1.32 bits per heavy atom.